The van der Waals surface area contributed by atoms with Gasteiger partial charge in [0.25, 0.3) is 5.76 Å². The molecule has 7 heteroatoms. The van der Waals surface area contributed by atoms with Crippen molar-refractivity contribution in [1.82, 2.24) is 0 Å². The van der Waals surface area contributed by atoms with E-state index in [0.29, 0.717) is 24.9 Å². The summed E-state index contributed by atoms with van der Waals surface area (Å²) in [6, 6.07) is 8.65. The highest BCUT2D eigenvalue weighted by Crippen LogP contribution is 2.35. The van der Waals surface area contributed by atoms with Crippen LogP contribution in [-0.2, 0) is 23.9 Å². The maximum Gasteiger partial charge on any atom is 0.377 e. The number of methoxy groups -OCH3 is 2. The Balaban J connectivity index is 2.40. The number of hydrogen-bond donors (Lipinski definition) is 1. The fourth-order valence-corrected chi connectivity index (χ4v) is 2.58. The van der Waals surface area contributed by atoms with Crippen LogP contribution >= 0.6 is 0 Å². The summed E-state index contributed by atoms with van der Waals surface area (Å²) in [6.07, 6.45) is 1.75. The first-order chi connectivity index (χ1) is 11.6. The molecule has 0 spiro atoms. The molecule has 0 radical (unpaired) electrons. The third-order valence-electron chi connectivity index (χ3n) is 3.72. The number of carbonyl (C=O) groups excluding carboxylic acids is 2. The molecule has 0 saturated carbocycles. The largest absolute Gasteiger partial charge is 0.465 e. The van der Waals surface area contributed by atoms with Crippen LogP contribution in [0.4, 0.5) is 5.69 Å². The zero-order chi connectivity index (χ0) is 17.5. The second kappa shape index (κ2) is 8.35. The molecule has 0 fully saturated rings. The summed E-state index contributed by atoms with van der Waals surface area (Å²) in [4.78, 5) is 29.9. The van der Waals surface area contributed by atoms with Crippen LogP contribution < -0.4 is 5.06 Å². The SMILES string of the molecule is COC(=O)C1=C(C(=O)OC)[C@@H](CCCCO)N(c2ccccc2)O1. The summed E-state index contributed by atoms with van der Waals surface area (Å²) in [5.74, 6) is -1.54. The number of hydroxylamine groups is 1. The number of esters is 2. The quantitative estimate of drug-likeness (QED) is 0.598. The van der Waals surface area contributed by atoms with Crippen LogP contribution in [0.25, 0.3) is 0 Å². The van der Waals surface area contributed by atoms with Gasteiger partial charge in [-0.2, -0.15) is 0 Å². The van der Waals surface area contributed by atoms with Crippen LogP contribution in [0.15, 0.2) is 41.7 Å². The van der Waals surface area contributed by atoms with Crippen LogP contribution in [0, 0.1) is 0 Å². The van der Waals surface area contributed by atoms with Gasteiger partial charge in [-0.25, -0.2) is 14.7 Å². The summed E-state index contributed by atoms with van der Waals surface area (Å²) in [7, 11) is 2.47. The minimum atomic E-state index is -0.735. The second-order valence-corrected chi connectivity index (χ2v) is 5.21. The Morgan fingerprint density at radius 3 is 2.38 bits per heavy atom. The Bertz CT molecular complexity index is 613. The van der Waals surface area contributed by atoms with E-state index < -0.39 is 18.0 Å². The van der Waals surface area contributed by atoms with Crippen molar-refractivity contribution in [2.45, 2.75) is 25.3 Å². The summed E-state index contributed by atoms with van der Waals surface area (Å²) in [6.45, 7) is 0.0556. The fraction of sp³-hybridized carbons (Fsp3) is 0.412. The van der Waals surface area contributed by atoms with Crippen LogP contribution in [0.5, 0.6) is 0 Å². The topological polar surface area (TPSA) is 85.3 Å². The maximum atomic E-state index is 12.2. The van der Waals surface area contributed by atoms with E-state index in [9.17, 15) is 9.59 Å². The molecule has 1 aliphatic rings. The van der Waals surface area contributed by atoms with Gasteiger partial charge in [-0.05, 0) is 31.4 Å². The molecule has 0 amide bonds. The molecule has 1 aromatic rings. The number of aliphatic hydroxyl groups is 1. The van der Waals surface area contributed by atoms with Gasteiger partial charge in [0.05, 0.1) is 19.9 Å². The number of rotatable bonds is 7. The number of para-hydroxylation sites is 1. The molecule has 130 valence electrons. The number of nitrogens with zero attached hydrogens (tertiary/aromatic N) is 1. The van der Waals surface area contributed by atoms with E-state index in [-0.39, 0.29) is 17.9 Å². The van der Waals surface area contributed by atoms with Crippen molar-refractivity contribution in [1.29, 1.82) is 0 Å². The Morgan fingerprint density at radius 2 is 1.79 bits per heavy atom. The minimum Gasteiger partial charge on any atom is -0.465 e. The van der Waals surface area contributed by atoms with E-state index >= 15 is 0 Å². The average Bonchev–Trinajstić information content (AvgIpc) is 3.01. The molecule has 1 N–H and O–H groups in total. The lowest BCUT2D eigenvalue weighted by Crippen LogP contribution is -2.33. The van der Waals surface area contributed by atoms with Gasteiger partial charge in [0.1, 0.15) is 11.6 Å². The third kappa shape index (κ3) is 3.68. The third-order valence-corrected chi connectivity index (χ3v) is 3.72. The predicted molar refractivity (Wildman–Crippen MR) is 85.8 cm³/mol. The average molecular weight is 335 g/mol. The molecule has 0 aliphatic carbocycles. The number of ether oxygens (including phenoxy) is 2. The lowest BCUT2D eigenvalue weighted by Gasteiger charge is -2.25. The minimum absolute atomic E-state index is 0.0556. The van der Waals surface area contributed by atoms with Crippen molar-refractivity contribution in [3.8, 4) is 0 Å². The zero-order valence-electron chi connectivity index (χ0n) is 13.7. The van der Waals surface area contributed by atoms with E-state index in [1.807, 2.05) is 30.3 Å². The summed E-state index contributed by atoms with van der Waals surface area (Å²) < 4.78 is 9.54. The normalized spacial score (nSPS) is 16.8. The second-order valence-electron chi connectivity index (χ2n) is 5.21. The number of unbranched alkanes of at least 4 members (excludes halogenated alkanes) is 1. The zero-order valence-corrected chi connectivity index (χ0v) is 13.7. The summed E-state index contributed by atoms with van der Waals surface area (Å²) in [5.41, 5.74) is 0.831. The van der Waals surface area contributed by atoms with Gasteiger partial charge in [0, 0.05) is 6.61 Å². The monoisotopic (exact) mass is 335 g/mol. The van der Waals surface area contributed by atoms with E-state index in [1.165, 1.54) is 19.3 Å². The molecule has 1 aliphatic heterocycles. The predicted octanol–water partition coefficient (Wildman–Crippen LogP) is 1.57. The van der Waals surface area contributed by atoms with E-state index in [2.05, 4.69) is 0 Å². The Morgan fingerprint density at radius 1 is 1.12 bits per heavy atom. The van der Waals surface area contributed by atoms with Crippen molar-refractivity contribution in [2.75, 3.05) is 25.9 Å². The molecule has 0 aromatic heterocycles. The standard InChI is InChI=1S/C17H21NO6/c1-22-16(20)14-13(10-6-7-11-19)18(12-8-4-3-5-9-12)24-15(14)17(21)23-2/h3-5,8-9,13,19H,6-7,10-11H2,1-2H3/t13-/m1/s1. The lowest BCUT2D eigenvalue weighted by atomic mass is 10.00. The summed E-state index contributed by atoms with van der Waals surface area (Å²) in [5, 5.41) is 10.5. The van der Waals surface area contributed by atoms with Gasteiger partial charge in [-0.3, -0.25) is 0 Å². The number of anilines is 1. The molecule has 1 heterocycles. The highest BCUT2D eigenvalue weighted by atomic mass is 16.7. The van der Waals surface area contributed by atoms with Gasteiger partial charge in [0.15, 0.2) is 0 Å². The van der Waals surface area contributed by atoms with Crippen molar-refractivity contribution < 1.29 is 29.0 Å². The smallest absolute Gasteiger partial charge is 0.377 e. The molecule has 2 rings (SSSR count). The van der Waals surface area contributed by atoms with E-state index in [4.69, 9.17) is 19.4 Å². The van der Waals surface area contributed by atoms with E-state index in [0.717, 1.165) is 0 Å². The van der Waals surface area contributed by atoms with Crippen molar-refractivity contribution in [3.05, 3.63) is 41.7 Å². The van der Waals surface area contributed by atoms with Crippen molar-refractivity contribution >= 4 is 17.6 Å². The van der Waals surface area contributed by atoms with Crippen LogP contribution in [0.2, 0.25) is 0 Å². The fourth-order valence-electron chi connectivity index (χ4n) is 2.58. The molecule has 1 atom stereocenters. The Hall–Kier alpha value is -2.54. The number of benzene rings is 1. The molecule has 0 unspecified atom stereocenters. The first-order valence-corrected chi connectivity index (χ1v) is 7.68. The lowest BCUT2D eigenvalue weighted by molar-refractivity contribution is -0.141. The number of hydrogen-bond acceptors (Lipinski definition) is 7. The maximum absolute atomic E-state index is 12.2. The van der Waals surface area contributed by atoms with E-state index in [1.54, 1.807) is 0 Å². The van der Waals surface area contributed by atoms with Gasteiger partial charge in [0.2, 0.25) is 0 Å². The summed E-state index contributed by atoms with van der Waals surface area (Å²) >= 11 is 0. The molecule has 7 nitrogen and oxygen atoms in total. The van der Waals surface area contributed by atoms with Gasteiger partial charge in [-0.15, -0.1) is 0 Å². The molecule has 0 bridgehead atoms. The van der Waals surface area contributed by atoms with Crippen LogP contribution in [-0.4, -0.2) is 43.9 Å². The number of aliphatic hydroxyl groups excluding tert-OH is 1. The van der Waals surface area contributed by atoms with Gasteiger partial charge < -0.3 is 19.4 Å². The van der Waals surface area contributed by atoms with Crippen molar-refractivity contribution in [3.63, 3.8) is 0 Å². The molecular formula is C17H21NO6. The molecular weight excluding hydrogens is 314 g/mol. The van der Waals surface area contributed by atoms with Gasteiger partial charge in [-0.1, -0.05) is 18.2 Å². The van der Waals surface area contributed by atoms with Crippen LogP contribution in [0.3, 0.4) is 0 Å². The Labute approximate surface area is 140 Å². The molecule has 1 aromatic carbocycles. The van der Waals surface area contributed by atoms with Crippen molar-refractivity contribution in [2.24, 2.45) is 0 Å². The Kier molecular flexibility index (Phi) is 6.20. The number of carbonyl (C=O) groups is 2. The highest BCUT2D eigenvalue weighted by molar-refractivity contribution is 6.01. The molecule has 0 saturated heterocycles. The highest BCUT2D eigenvalue weighted by Gasteiger charge is 2.43. The van der Waals surface area contributed by atoms with Gasteiger partial charge >= 0.3 is 11.9 Å². The van der Waals surface area contributed by atoms with Crippen LogP contribution in [0.1, 0.15) is 19.3 Å². The first kappa shape index (κ1) is 17.8. The molecule has 24 heavy (non-hydrogen) atoms. The first-order valence-electron chi connectivity index (χ1n) is 7.68.